The Hall–Kier alpha value is -1.35. The molecule has 2 N–H and O–H groups in total. The molecule has 0 aliphatic heterocycles. The van der Waals surface area contributed by atoms with Gasteiger partial charge in [-0.2, -0.15) is 0 Å². The van der Waals surface area contributed by atoms with E-state index in [9.17, 15) is 4.79 Å². The van der Waals surface area contributed by atoms with Crippen LogP contribution < -0.4 is 10.5 Å². The molecule has 2 fully saturated rings. The predicted molar refractivity (Wildman–Crippen MR) is 65.1 cm³/mol. The number of benzene rings is 1. The van der Waals surface area contributed by atoms with Crippen LogP contribution in [0, 0.1) is 5.41 Å². The van der Waals surface area contributed by atoms with Gasteiger partial charge < -0.3 is 10.5 Å². The molecule has 0 aromatic heterocycles. The second kappa shape index (κ2) is 3.84. The second-order valence-electron chi connectivity index (χ2n) is 5.16. The molecule has 0 atom stereocenters. The van der Waals surface area contributed by atoms with Crippen molar-refractivity contribution in [1.29, 1.82) is 0 Å². The fourth-order valence-electron chi connectivity index (χ4n) is 2.04. The lowest BCUT2D eigenvalue weighted by Gasteiger charge is -2.11. The smallest absolute Gasteiger partial charge is 0.170 e. The number of hydrogen-bond acceptors (Lipinski definition) is 3. The Morgan fingerprint density at radius 1 is 1.29 bits per heavy atom. The Kier molecular flexibility index (Phi) is 2.44. The van der Waals surface area contributed by atoms with Crippen molar-refractivity contribution in [3.05, 3.63) is 29.8 Å². The van der Waals surface area contributed by atoms with E-state index in [4.69, 9.17) is 10.5 Å². The van der Waals surface area contributed by atoms with E-state index in [1.165, 1.54) is 0 Å². The number of ether oxygens (including phenoxy) is 1. The standard InChI is InChI=1S/C14H17NO2/c15-9-14(7-8-14)13(16)10-1-3-11(4-2-10)17-12-5-6-12/h1-4,12H,5-9,15H2. The molecular weight excluding hydrogens is 214 g/mol. The quantitative estimate of drug-likeness (QED) is 0.790. The molecule has 0 saturated heterocycles. The van der Waals surface area contributed by atoms with Crippen molar-refractivity contribution in [2.24, 2.45) is 11.1 Å². The first-order chi connectivity index (χ1) is 8.23. The predicted octanol–water partition coefficient (Wildman–Crippen LogP) is 2.15. The number of carbonyl (C=O) groups excluding carboxylic acids is 1. The van der Waals surface area contributed by atoms with E-state index in [-0.39, 0.29) is 11.2 Å². The number of nitrogens with two attached hydrogens (primary N) is 1. The lowest BCUT2D eigenvalue weighted by atomic mass is 9.95. The van der Waals surface area contributed by atoms with Crippen LogP contribution in [0.4, 0.5) is 0 Å². The van der Waals surface area contributed by atoms with Crippen molar-refractivity contribution in [3.8, 4) is 5.75 Å². The van der Waals surface area contributed by atoms with E-state index in [1.54, 1.807) is 0 Å². The van der Waals surface area contributed by atoms with Gasteiger partial charge in [-0.1, -0.05) is 0 Å². The van der Waals surface area contributed by atoms with Gasteiger partial charge in [0, 0.05) is 17.5 Å². The molecule has 2 aliphatic carbocycles. The summed E-state index contributed by atoms with van der Waals surface area (Å²) in [4.78, 5) is 12.2. The highest BCUT2D eigenvalue weighted by atomic mass is 16.5. The molecule has 3 rings (SSSR count). The van der Waals surface area contributed by atoms with E-state index in [2.05, 4.69) is 0 Å². The Labute approximate surface area is 101 Å². The summed E-state index contributed by atoms with van der Waals surface area (Å²) < 4.78 is 5.65. The molecule has 0 spiro atoms. The van der Waals surface area contributed by atoms with E-state index < -0.39 is 0 Å². The van der Waals surface area contributed by atoms with Gasteiger partial charge in [-0.05, 0) is 49.9 Å². The van der Waals surface area contributed by atoms with Crippen LogP contribution >= 0.6 is 0 Å². The van der Waals surface area contributed by atoms with Gasteiger partial charge in [-0.3, -0.25) is 4.79 Å². The van der Waals surface area contributed by atoms with Crippen molar-refractivity contribution in [2.45, 2.75) is 31.8 Å². The van der Waals surface area contributed by atoms with E-state index in [0.29, 0.717) is 12.6 Å². The molecule has 0 bridgehead atoms. The average molecular weight is 231 g/mol. The highest BCUT2D eigenvalue weighted by Gasteiger charge is 2.48. The molecule has 90 valence electrons. The Morgan fingerprint density at radius 3 is 2.41 bits per heavy atom. The fourth-order valence-corrected chi connectivity index (χ4v) is 2.04. The third kappa shape index (κ3) is 2.07. The third-order valence-corrected chi connectivity index (χ3v) is 3.67. The zero-order valence-electron chi connectivity index (χ0n) is 9.82. The van der Waals surface area contributed by atoms with Crippen molar-refractivity contribution in [1.82, 2.24) is 0 Å². The zero-order valence-corrected chi connectivity index (χ0v) is 9.82. The first kappa shape index (κ1) is 10.8. The lowest BCUT2D eigenvalue weighted by Crippen LogP contribution is -2.25. The lowest BCUT2D eigenvalue weighted by molar-refractivity contribution is 0.0905. The first-order valence-electron chi connectivity index (χ1n) is 6.25. The Bertz CT molecular complexity index is 430. The van der Waals surface area contributed by atoms with Gasteiger partial charge in [0.25, 0.3) is 0 Å². The average Bonchev–Trinajstić information content (AvgIpc) is 3.24. The number of carbonyl (C=O) groups is 1. The number of Topliss-reactive ketones (excluding diaryl/α,β-unsaturated/α-hetero) is 1. The maximum absolute atomic E-state index is 12.2. The van der Waals surface area contributed by atoms with Crippen LogP contribution in [0.15, 0.2) is 24.3 Å². The minimum absolute atomic E-state index is 0.193. The van der Waals surface area contributed by atoms with Crippen LogP contribution in [0.2, 0.25) is 0 Å². The molecule has 0 unspecified atom stereocenters. The van der Waals surface area contributed by atoms with Gasteiger partial charge in [0.05, 0.1) is 6.10 Å². The summed E-state index contributed by atoms with van der Waals surface area (Å²) in [6, 6.07) is 7.49. The van der Waals surface area contributed by atoms with Crippen LogP contribution in [0.25, 0.3) is 0 Å². The minimum Gasteiger partial charge on any atom is -0.490 e. The highest BCUT2D eigenvalue weighted by molar-refractivity contribution is 6.02. The van der Waals surface area contributed by atoms with Gasteiger partial charge >= 0.3 is 0 Å². The van der Waals surface area contributed by atoms with Gasteiger partial charge in [0.15, 0.2) is 5.78 Å². The molecule has 17 heavy (non-hydrogen) atoms. The zero-order chi connectivity index (χ0) is 11.9. The Morgan fingerprint density at radius 2 is 1.94 bits per heavy atom. The molecule has 1 aromatic rings. The number of rotatable bonds is 5. The van der Waals surface area contributed by atoms with Crippen LogP contribution in [-0.2, 0) is 0 Å². The minimum atomic E-state index is -0.251. The van der Waals surface area contributed by atoms with Crippen molar-refractivity contribution >= 4 is 5.78 Å². The first-order valence-corrected chi connectivity index (χ1v) is 6.25. The van der Waals surface area contributed by atoms with Crippen molar-refractivity contribution in [2.75, 3.05) is 6.54 Å². The summed E-state index contributed by atoms with van der Waals surface area (Å²) in [6.07, 6.45) is 4.56. The molecule has 0 radical (unpaired) electrons. The van der Waals surface area contributed by atoms with E-state index in [1.807, 2.05) is 24.3 Å². The summed E-state index contributed by atoms with van der Waals surface area (Å²) >= 11 is 0. The van der Waals surface area contributed by atoms with Gasteiger partial charge in [0.1, 0.15) is 5.75 Å². The van der Waals surface area contributed by atoms with Gasteiger partial charge in [-0.15, -0.1) is 0 Å². The normalized spacial score (nSPS) is 21.0. The van der Waals surface area contributed by atoms with Crippen LogP contribution in [-0.4, -0.2) is 18.4 Å². The summed E-state index contributed by atoms with van der Waals surface area (Å²) in [7, 11) is 0. The number of ketones is 1. The maximum atomic E-state index is 12.2. The van der Waals surface area contributed by atoms with Crippen LogP contribution in [0.5, 0.6) is 5.75 Å². The molecule has 3 nitrogen and oxygen atoms in total. The van der Waals surface area contributed by atoms with E-state index >= 15 is 0 Å². The molecule has 3 heteroatoms. The van der Waals surface area contributed by atoms with Crippen molar-refractivity contribution < 1.29 is 9.53 Å². The monoisotopic (exact) mass is 231 g/mol. The fraction of sp³-hybridized carbons (Fsp3) is 0.500. The van der Waals surface area contributed by atoms with Crippen LogP contribution in [0.1, 0.15) is 36.0 Å². The third-order valence-electron chi connectivity index (χ3n) is 3.67. The van der Waals surface area contributed by atoms with Crippen LogP contribution in [0.3, 0.4) is 0 Å². The summed E-state index contributed by atoms with van der Waals surface area (Å²) in [6.45, 7) is 0.464. The molecule has 0 heterocycles. The summed E-state index contributed by atoms with van der Waals surface area (Å²) in [5.74, 6) is 1.06. The second-order valence-corrected chi connectivity index (χ2v) is 5.16. The largest absolute Gasteiger partial charge is 0.490 e. The molecule has 1 aromatic carbocycles. The summed E-state index contributed by atoms with van der Waals surface area (Å²) in [5.41, 5.74) is 6.17. The molecule has 2 aliphatic rings. The topological polar surface area (TPSA) is 52.3 Å². The molecule has 0 amide bonds. The highest BCUT2D eigenvalue weighted by Crippen LogP contribution is 2.47. The number of hydrogen-bond donors (Lipinski definition) is 1. The Balaban J connectivity index is 1.72. The summed E-state index contributed by atoms with van der Waals surface area (Å²) in [5, 5.41) is 0. The van der Waals surface area contributed by atoms with Gasteiger partial charge in [0.2, 0.25) is 0 Å². The molecular formula is C14H17NO2. The van der Waals surface area contributed by atoms with Gasteiger partial charge in [-0.25, -0.2) is 0 Å². The maximum Gasteiger partial charge on any atom is 0.170 e. The molecule has 2 saturated carbocycles. The SMILES string of the molecule is NCC1(C(=O)c2ccc(OC3CC3)cc2)CC1. The van der Waals surface area contributed by atoms with E-state index in [0.717, 1.165) is 37.0 Å². The van der Waals surface area contributed by atoms with Crippen molar-refractivity contribution in [3.63, 3.8) is 0 Å².